The maximum absolute atomic E-state index is 12.7. The first-order valence-corrected chi connectivity index (χ1v) is 23.4. The van der Waals surface area contributed by atoms with Crippen LogP contribution in [0.4, 0.5) is 0 Å². The van der Waals surface area contributed by atoms with Crippen LogP contribution in [0.5, 0.6) is 0 Å². The second-order valence-electron chi connectivity index (χ2n) is 14.3. The number of aliphatic carboxylic acids is 1. The molecule has 0 heterocycles. The summed E-state index contributed by atoms with van der Waals surface area (Å²) in [4.78, 5) is 46.0. The molecule has 14 nitrogen and oxygen atoms in total. The number of nitrogens with two attached hydrogens (primary N) is 1. The Morgan fingerprint density at radius 3 is 1.75 bits per heavy atom. The van der Waals surface area contributed by atoms with Crippen molar-refractivity contribution in [3.05, 3.63) is 122 Å². The fourth-order valence-corrected chi connectivity index (χ4v) is 5.80. The number of aliphatic hydroxyl groups is 3. The van der Waals surface area contributed by atoms with E-state index in [4.69, 9.17) is 24.8 Å². The second kappa shape index (κ2) is 40.5. The molecule has 0 bridgehead atoms. The molecule has 0 aromatic carbocycles. The van der Waals surface area contributed by atoms with Crippen molar-refractivity contribution in [1.29, 1.82) is 0 Å². The van der Waals surface area contributed by atoms with Crippen molar-refractivity contribution in [3.63, 3.8) is 0 Å². The number of hydrogen-bond donors (Lipinski definition) is 6. The molecule has 0 fully saturated rings. The minimum atomic E-state index is -4.83. The Hall–Kier alpha value is -4.24. The van der Waals surface area contributed by atoms with Crippen molar-refractivity contribution in [3.8, 4) is 0 Å². The summed E-state index contributed by atoms with van der Waals surface area (Å²) in [5, 5.41) is 39.4. The first-order chi connectivity index (χ1) is 30.3. The summed E-state index contributed by atoms with van der Waals surface area (Å²) in [6.45, 7) is 2.08. The van der Waals surface area contributed by atoms with E-state index in [2.05, 4.69) is 72.2 Å². The molecular formula is C48H74NO13P. The number of allylic oxidation sites excluding steroid dienone is 17. The first-order valence-electron chi connectivity index (χ1n) is 21.9. The van der Waals surface area contributed by atoms with Crippen molar-refractivity contribution >= 4 is 25.7 Å². The number of ether oxygens (including phenoxy) is 2. The number of phosphoric acid groups is 1. The topological polar surface area (TPSA) is 232 Å². The Morgan fingerprint density at radius 2 is 1.14 bits per heavy atom. The van der Waals surface area contributed by atoms with E-state index in [-0.39, 0.29) is 25.7 Å². The predicted molar refractivity (Wildman–Crippen MR) is 248 cm³/mol. The summed E-state index contributed by atoms with van der Waals surface area (Å²) in [6, 6.07) is -1.59. The van der Waals surface area contributed by atoms with Crippen LogP contribution >= 0.6 is 7.82 Å². The molecule has 0 aliphatic carbocycles. The molecule has 0 amide bonds. The highest BCUT2D eigenvalue weighted by Crippen LogP contribution is 2.43. The van der Waals surface area contributed by atoms with E-state index in [9.17, 15) is 39.2 Å². The van der Waals surface area contributed by atoms with Crippen LogP contribution in [-0.4, -0.2) is 93.5 Å². The third-order valence-corrected chi connectivity index (χ3v) is 9.50. The number of esters is 2. The lowest BCUT2D eigenvalue weighted by atomic mass is 10.1. The average molecular weight is 904 g/mol. The number of carboxylic acid groups (broad SMARTS) is 1. The minimum Gasteiger partial charge on any atom is -0.480 e. The standard InChI is InChI=1S/C48H74NO13P/c1-3-5-7-8-9-10-11-12-13-14-15-16-17-18-19-20-21-26-30-36-46(53)59-38-42(39-60-63(57,58)61-40-43(49)48(55)56)62-47(54)37-31-35-45(52)44(51)34-29-25-23-22-24-28-33-41(50)32-27-6-4-2/h5-7,9-10,12-13,15-16,18-19,22-25,27-29,33-34,41-45,50-52H,3-4,8,11,14,17,20-21,26,30-32,35-40,49H2,1-2H3,(H,55,56)(H,57,58)/b7-5-,10-9-,13-12-,16-15-,19-18-,24-22+,25-23-,27-6-,33-28+,34-29-/t41-,42+,43-,44+,45+/m0/s1. The molecule has 0 aliphatic rings. The maximum Gasteiger partial charge on any atom is 0.472 e. The molecule has 0 rings (SSSR count). The molecule has 354 valence electrons. The fraction of sp³-hybridized carbons (Fsp3) is 0.521. The van der Waals surface area contributed by atoms with Crippen molar-refractivity contribution in [2.24, 2.45) is 5.73 Å². The van der Waals surface area contributed by atoms with Gasteiger partial charge in [-0.25, -0.2) is 4.57 Å². The number of hydrogen-bond acceptors (Lipinski definition) is 12. The lowest BCUT2D eigenvalue weighted by Crippen LogP contribution is -2.34. The maximum atomic E-state index is 12.7. The van der Waals surface area contributed by atoms with Crippen LogP contribution in [0.1, 0.15) is 110 Å². The Balaban J connectivity index is 4.77. The van der Waals surface area contributed by atoms with Crippen LogP contribution in [0, 0.1) is 0 Å². The van der Waals surface area contributed by atoms with Gasteiger partial charge in [-0.1, -0.05) is 142 Å². The fourth-order valence-electron chi connectivity index (χ4n) is 5.02. The molecule has 0 saturated heterocycles. The molecule has 0 aromatic rings. The molecule has 0 spiro atoms. The highest BCUT2D eigenvalue weighted by Gasteiger charge is 2.28. The Morgan fingerprint density at radius 1 is 0.619 bits per heavy atom. The molecule has 1 unspecified atom stereocenters. The van der Waals surface area contributed by atoms with Gasteiger partial charge in [-0.05, 0) is 77.0 Å². The van der Waals surface area contributed by atoms with Gasteiger partial charge in [0.1, 0.15) is 12.6 Å². The van der Waals surface area contributed by atoms with Crippen LogP contribution in [0.15, 0.2) is 122 Å². The molecule has 63 heavy (non-hydrogen) atoms. The zero-order valence-electron chi connectivity index (χ0n) is 37.2. The lowest BCUT2D eigenvalue weighted by Gasteiger charge is -2.20. The van der Waals surface area contributed by atoms with Gasteiger partial charge in [-0.15, -0.1) is 0 Å². The highest BCUT2D eigenvalue weighted by molar-refractivity contribution is 7.47. The van der Waals surface area contributed by atoms with Gasteiger partial charge in [-0.2, -0.15) is 0 Å². The minimum absolute atomic E-state index is 0.0333. The largest absolute Gasteiger partial charge is 0.480 e. The molecule has 6 atom stereocenters. The van der Waals surface area contributed by atoms with Gasteiger partial charge in [0.25, 0.3) is 0 Å². The third-order valence-electron chi connectivity index (χ3n) is 8.55. The third kappa shape index (κ3) is 39.1. The molecule has 15 heteroatoms. The second-order valence-corrected chi connectivity index (χ2v) is 15.7. The van der Waals surface area contributed by atoms with Crippen LogP contribution in [0.3, 0.4) is 0 Å². The quantitative estimate of drug-likeness (QED) is 0.0112. The normalized spacial score (nSPS) is 16.3. The number of phosphoric ester groups is 1. The van der Waals surface area contributed by atoms with Crippen LogP contribution in [-0.2, 0) is 37.5 Å². The first kappa shape index (κ1) is 58.8. The summed E-state index contributed by atoms with van der Waals surface area (Å²) in [5.41, 5.74) is 5.31. The van der Waals surface area contributed by atoms with E-state index in [0.29, 0.717) is 12.8 Å². The van der Waals surface area contributed by atoms with E-state index in [0.717, 1.165) is 57.8 Å². The zero-order valence-corrected chi connectivity index (χ0v) is 38.1. The van der Waals surface area contributed by atoms with Gasteiger partial charge >= 0.3 is 25.7 Å². The summed E-state index contributed by atoms with van der Waals surface area (Å²) < 4.78 is 32.4. The van der Waals surface area contributed by atoms with Gasteiger partial charge in [0.05, 0.1) is 31.5 Å². The Labute approximate surface area is 375 Å². The van der Waals surface area contributed by atoms with Crippen molar-refractivity contribution < 1.29 is 62.8 Å². The average Bonchev–Trinajstić information content (AvgIpc) is 3.25. The molecule has 0 aromatic heterocycles. The molecule has 0 aliphatic heterocycles. The van der Waals surface area contributed by atoms with Gasteiger partial charge in [-0.3, -0.25) is 23.4 Å². The SMILES string of the molecule is CC/C=C\C/C=C\C/C=C\C/C=C\C/C=C\CCCCCC(=O)OC[C@H](COP(=O)(O)OC[C@H](N)C(=O)O)OC(=O)CCC[C@@H](O)[C@H](O)\C=C/C=C\C=C\C=C\[C@@H](O)C/C=C\CC. The predicted octanol–water partition coefficient (Wildman–Crippen LogP) is 8.52. The van der Waals surface area contributed by atoms with E-state index in [1.165, 1.54) is 6.08 Å². The summed E-state index contributed by atoms with van der Waals surface area (Å²) in [6.07, 6.45) is 43.5. The Bertz CT molecular complexity index is 1580. The molecule has 0 radical (unpaired) electrons. The van der Waals surface area contributed by atoms with Crippen molar-refractivity contribution in [2.45, 2.75) is 141 Å². The molecule has 7 N–H and O–H groups in total. The lowest BCUT2D eigenvalue weighted by molar-refractivity contribution is -0.161. The van der Waals surface area contributed by atoms with Crippen molar-refractivity contribution in [2.75, 3.05) is 19.8 Å². The Kier molecular flexibility index (Phi) is 37.8. The monoisotopic (exact) mass is 903 g/mol. The summed E-state index contributed by atoms with van der Waals surface area (Å²) in [5.74, 6) is -2.82. The zero-order chi connectivity index (χ0) is 46.8. The van der Waals surface area contributed by atoms with Crippen LogP contribution < -0.4 is 5.73 Å². The van der Waals surface area contributed by atoms with E-state index in [1.807, 2.05) is 19.1 Å². The summed E-state index contributed by atoms with van der Waals surface area (Å²) >= 11 is 0. The highest BCUT2D eigenvalue weighted by atomic mass is 31.2. The smallest absolute Gasteiger partial charge is 0.472 e. The van der Waals surface area contributed by atoms with Crippen molar-refractivity contribution in [1.82, 2.24) is 0 Å². The van der Waals surface area contributed by atoms with E-state index < -0.39 is 76.0 Å². The van der Waals surface area contributed by atoms with Crippen LogP contribution in [0.25, 0.3) is 0 Å². The van der Waals surface area contributed by atoms with Gasteiger partial charge < -0.3 is 40.5 Å². The number of rotatable bonds is 38. The van der Waals surface area contributed by atoms with E-state index >= 15 is 0 Å². The van der Waals surface area contributed by atoms with Gasteiger partial charge in [0.15, 0.2) is 6.10 Å². The van der Waals surface area contributed by atoms with Crippen LogP contribution in [0.2, 0.25) is 0 Å². The number of carboxylic acids is 1. The number of carbonyl (C=O) groups is 3. The number of unbranched alkanes of at least 4 members (excludes halogenated alkanes) is 3. The number of carbonyl (C=O) groups excluding carboxylic acids is 2. The molecule has 0 saturated carbocycles. The molecular weight excluding hydrogens is 829 g/mol. The summed E-state index contributed by atoms with van der Waals surface area (Å²) in [7, 11) is -4.83. The van der Waals surface area contributed by atoms with Gasteiger partial charge in [0.2, 0.25) is 0 Å². The van der Waals surface area contributed by atoms with Gasteiger partial charge in [0, 0.05) is 12.8 Å². The number of aliphatic hydroxyl groups excluding tert-OH is 3. The van der Waals surface area contributed by atoms with E-state index in [1.54, 1.807) is 42.5 Å².